The van der Waals surface area contributed by atoms with Crippen LogP contribution in [0.1, 0.15) is 32.1 Å². The van der Waals surface area contributed by atoms with Gasteiger partial charge in [0, 0.05) is 28.8 Å². The highest BCUT2D eigenvalue weighted by molar-refractivity contribution is 6.24. The molecule has 0 N–H and O–H groups in total. The normalized spacial score (nSPS) is 13.9. The number of allylic oxidation sites excluding steroid dienone is 2. The smallest absolute Gasteiger partial charge is 0.190 e. The lowest BCUT2D eigenvalue weighted by atomic mass is 9.87. The number of aromatic nitrogens is 1. The van der Waals surface area contributed by atoms with Gasteiger partial charge < -0.3 is 0 Å². The van der Waals surface area contributed by atoms with Gasteiger partial charge in [0.15, 0.2) is 11.6 Å². The van der Waals surface area contributed by atoms with Gasteiger partial charge >= 0.3 is 0 Å². The molecule has 0 saturated heterocycles. The van der Waals surface area contributed by atoms with E-state index in [1.807, 2.05) is 0 Å². The maximum absolute atomic E-state index is 13.2. The topological polar surface area (TPSA) is 47.0 Å². The molecular weight excluding hydrogens is 269 g/mol. The predicted octanol–water partition coefficient (Wildman–Crippen LogP) is 3.08. The monoisotopic (exact) mass is 281 g/mol. The Labute approximate surface area is 121 Å². The van der Waals surface area contributed by atoms with Gasteiger partial charge in [-0.1, -0.05) is 24.3 Å². The Morgan fingerprint density at radius 2 is 1.76 bits per heavy atom. The molecule has 2 aromatic rings. The molecule has 4 heteroatoms. The number of aryl methyl sites for hydroxylation is 1. The number of carbonyl (C=O) groups is 2. The number of benzene rings is 1. The van der Waals surface area contributed by atoms with E-state index in [1.165, 1.54) is 18.2 Å². The Balaban J connectivity index is 1.95. The second-order valence-corrected chi connectivity index (χ2v) is 4.96. The van der Waals surface area contributed by atoms with Crippen LogP contribution >= 0.6 is 0 Å². The van der Waals surface area contributed by atoms with Gasteiger partial charge in [-0.15, -0.1) is 0 Å². The number of halogens is 1. The number of hydrogen-bond acceptors (Lipinski definition) is 3. The summed E-state index contributed by atoms with van der Waals surface area (Å²) in [4.78, 5) is 28.5. The third-order valence-corrected chi connectivity index (χ3v) is 3.48. The van der Waals surface area contributed by atoms with Crippen molar-refractivity contribution < 1.29 is 14.0 Å². The zero-order valence-corrected chi connectivity index (χ0v) is 11.4. The number of nitrogens with zero attached hydrogens (tertiary/aromatic N) is 1. The minimum atomic E-state index is -0.385. The van der Waals surface area contributed by atoms with Gasteiger partial charge in [-0.05, 0) is 25.1 Å². The molecule has 21 heavy (non-hydrogen) atoms. The summed E-state index contributed by atoms with van der Waals surface area (Å²) in [6, 6.07) is 9.60. The molecule has 1 heterocycles. The molecule has 1 aromatic heterocycles. The minimum absolute atomic E-state index is 0.172. The molecule has 1 aromatic carbocycles. The van der Waals surface area contributed by atoms with Gasteiger partial charge in [0.05, 0.1) is 5.69 Å². The van der Waals surface area contributed by atoms with E-state index in [9.17, 15) is 14.0 Å². The molecular formula is C17H12FNO2. The van der Waals surface area contributed by atoms with Crippen LogP contribution in [0.3, 0.4) is 0 Å². The summed E-state index contributed by atoms with van der Waals surface area (Å²) in [5.74, 6) is -0.739. The molecule has 1 aliphatic carbocycles. The molecule has 1 aliphatic rings. The lowest BCUT2D eigenvalue weighted by Crippen LogP contribution is -2.18. The van der Waals surface area contributed by atoms with Crippen LogP contribution in [-0.2, 0) is 6.42 Å². The van der Waals surface area contributed by atoms with Gasteiger partial charge in [0.1, 0.15) is 5.82 Å². The first kappa shape index (κ1) is 13.4. The van der Waals surface area contributed by atoms with E-state index in [0.29, 0.717) is 22.4 Å². The molecule has 0 radical (unpaired) electrons. The average Bonchev–Trinajstić information content (AvgIpc) is 2.48. The summed E-state index contributed by atoms with van der Waals surface area (Å²) < 4.78 is 13.2. The molecule has 0 amide bonds. The number of carbonyl (C=O) groups excluding carboxylic acids is 2. The molecule has 0 fully saturated rings. The molecule has 0 unspecified atom stereocenters. The maximum Gasteiger partial charge on any atom is 0.190 e. The van der Waals surface area contributed by atoms with Crippen LogP contribution in [0.15, 0.2) is 48.0 Å². The molecule has 0 atom stereocenters. The second-order valence-electron chi connectivity index (χ2n) is 4.96. The Morgan fingerprint density at radius 1 is 1.05 bits per heavy atom. The van der Waals surface area contributed by atoms with Crippen molar-refractivity contribution in [2.45, 2.75) is 13.3 Å². The average molecular weight is 281 g/mol. The molecule has 0 saturated carbocycles. The summed E-state index contributed by atoms with van der Waals surface area (Å²) >= 11 is 0. The number of Topliss-reactive ketones (excluding diaryl/α,β-unsaturated/α-hetero) is 1. The van der Waals surface area contributed by atoms with E-state index < -0.39 is 0 Å². The number of rotatable bonds is 2. The first-order valence-corrected chi connectivity index (χ1v) is 6.57. The minimum Gasteiger partial charge on any atom is -0.289 e. The van der Waals surface area contributed by atoms with E-state index in [1.54, 1.807) is 31.2 Å². The van der Waals surface area contributed by atoms with Crippen molar-refractivity contribution in [3.63, 3.8) is 0 Å². The number of pyridine rings is 1. The first-order chi connectivity index (χ1) is 10.1. The standard InChI is InChI=1S/C17H12FNO2/c1-10-15(18)7-6-12(19-10)8-11-9-16(20)13-4-2-3-5-14(13)17(11)21/h2-7,9H,8H2,1H3. The summed E-state index contributed by atoms with van der Waals surface area (Å²) in [6.07, 6.45) is 1.57. The highest BCUT2D eigenvalue weighted by Crippen LogP contribution is 2.23. The quantitative estimate of drug-likeness (QED) is 0.850. The van der Waals surface area contributed by atoms with Crippen LogP contribution in [-0.4, -0.2) is 16.6 Å². The van der Waals surface area contributed by atoms with Crippen molar-refractivity contribution in [3.05, 3.63) is 76.4 Å². The van der Waals surface area contributed by atoms with Gasteiger partial charge in [-0.25, -0.2) is 4.39 Å². The van der Waals surface area contributed by atoms with Crippen LogP contribution in [0, 0.1) is 12.7 Å². The Hall–Kier alpha value is -2.62. The summed E-state index contributed by atoms with van der Waals surface area (Å²) in [7, 11) is 0. The summed E-state index contributed by atoms with van der Waals surface area (Å²) in [5, 5.41) is 0. The highest BCUT2D eigenvalue weighted by atomic mass is 19.1. The fourth-order valence-electron chi connectivity index (χ4n) is 2.39. The van der Waals surface area contributed by atoms with E-state index in [0.717, 1.165) is 0 Å². The fraction of sp³-hybridized carbons (Fsp3) is 0.118. The van der Waals surface area contributed by atoms with Crippen molar-refractivity contribution in [1.82, 2.24) is 4.98 Å². The lowest BCUT2D eigenvalue weighted by Gasteiger charge is -2.14. The SMILES string of the molecule is Cc1nc(CC2=CC(=O)c3ccccc3C2=O)ccc1F. The first-order valence-electron chi connectivity index (χ1n) is 6.57. The van der Waals surface area contributed by atoms with Crippen molar-refractivity contribution in [1.29, 1.82) is 0 Å². The van der Waals surface area contributed by atoms with E-state index in [-0.39, 0.29) is 29.5 Å². The molecule has 104 valence electrons. The van der Waals surface area contributed by atoms with E-state index in [4.69, 9.17) is 0 Å². The Kier molecular flexibility index (Phi) is 3.22. The number of fused-ring (bicyclic) bond motifs is 1. The molecule has 0 bridgehead atoms. The zero-order valence-electron chi connectivity index (χ0n) is 11.4. The lowest BCUT2D eigenvalue weighted by molar-refractivity contribution is 0.0982. The third-order valence-electron chi connectivity index (χ3n) is 3.48. The molecule has 0 aliphatic heterocycles. The van der Waals surface area contributed by atoms with Gasteiger partial charge in [0.2, 0.25) is 0 Å². The Morgan fingerprint density at radius 3 is 2.48 bits per heavy atom. The van der Waals surface area contributed by atoms with Crippen molar-refractivity contribution in [2.75, 3.05) is 0 Å². The molecule has 3 rings (SSSR count). The largest absolute Gasteiger partial charge is 0.289 e. The Bertz CT molecular complexity index is 793. The highest BCUT2D eigenvalue weighted by Gasteiger charge is 2.25. The van der Waals surface area contributed by atoms with E-state index >= 15 is 0 Å². The van der Waals surface area contributed by atoms with Gasteiger partial charge in [-0.2, -0.15) is 0 Å². The van der Waals surface area contributed by atoms with Crippen molar-refractivity contribution >= 4 is 11.6 Å². The molecule has 0 spiro atoms. The third kappa shape index (κ3) is 2.40. The van der Waals surface area contributed by atoms with Crippen LogP contribution in [0.25, 0.3) is 0 Å². The maximum atomic E-state index is 13.2. The summed E-state index contributed by atoms with van der Waals surface area (Å²) in [6.45, 7) is 1.57. The summed E-state index contributed by atoms with van der Waals surface area (Å²) in [5.41, 5.74) is 2.08. The predicted molar refractivity (Wildman–Crippen MR) is 75.8 cm³/mol. The zero-order chi connectivity index (χ0) is 15.0. The van der Waals surface area contributed by atoms with Gasteiger partial charge in [0.25, 0.3) is 0 Å². The van der Waals surface area contributed by atoms with Crippen molar-refractivity contribution in [2.24, 2.45) is 0 Å². The van der Waals surface area contributed by atoms with Crippen LogP contribution < -0.4 is 0 Å². The molecule has 3 nitrogen and oxygen atoms in total. The number of ketones is 2. The second kappa shape index (κ2) is 5.05. The van der Waals surface area contributed by atoms with E-state index in [2.05, 4.69) is 4.98 Å². The van der Waals surface area contributed by atoms with Crippen LogP contribution in [0.4, 0.5) is 4.39 Å². The van der Waals surface area contributed by atoms with Crippen LogP contribution in [0.2, 0.25) is 0 Å². The number of hydrogen-bond donors (Lipinski definition) is 0. The fourth-order valence-corrected chi connectivity index (χ4v) is 2.39. The van der Waals surface area contributed by atoms with Crippen LogP contribution in [0.5, 0.6) is 0 Å². The van der Waals surface area contributed by atoms with Crippen molar-refractivity contribution in [3.8, 4) is 0 Å². The van der Waals surface area contributed by atoms with Gasteiger partial charge in [-0.3, -0.25) is 14.6 Å².